The highest BCUT2D eigenvalue weighted by atomic mass is 35.5. The molecule has 0 radical (unpaired) electrons. The van der Waals surface area contributed by atoms with Gasteiger partial charge in [0.05, 0.1) is 16.3 Å². The summed E-state index contributed by atoms with van der Waals surface area (Å²) in [7, 11) is -3.43. The summed E-state index contributed by atoms with van der Waals surface area (Å²) in [6, 6.07) is 8.27. The second-order valence-electron chi connectivity index (χ2n) is 6.99. The van der Waals surface area contributed by atoms with E-state index in [1.165, 1.54) is 15.3 Å². The van der Waals surface area contributed by atoms with E-state index in [1.807, 2.05) is 6.07 Å². The summed E-state index contributed by atoms with van der Waals surface area (Å²) in [5.41, 5.74) is 1.09. The van der Waals surface area contributed by atoms with Crippen molar-refractivity contribution in [3.05, 3.63) is 63.9 Å². The van der Waals surface area contributed by atoms with E-state index in [1.54, 1.807) is 30.6 Å². The minimum Gasteiger partial charge on any atom is -0.333 e. The Bertz CT molecular complexity index is 949. The number of halogens is 2. The molecule has 9 heteroatoms. The first-order chi connectivity index (χ1) is 13.9. The maximum atomic E-state index is 13.1. The Morgan fingerprint density at radius 2 is 1.90 bits per heavy atom. The van der Waals surface area contributed by atoms with E-state index in [-0.39, 0.29) is 35.3 Å². The fourth-order valence-electron chi connectivity index (χ4n) is 3.30. The number of amides is 1. The molecule has 1 aromatic heterocycles. The summed E-state index contributed by atoms with van der Waals surface area (Å²) in [5, 5.41) is 0.663. The second-order valence-corrected chi connectivity index (χ2v) is 9.92. The molecule has 0 spiro atoms. The zero-order chi connectivity index (χ0) is 20.9. The van der Waals surface area contributed by atoms with Crippen molar-refractivity contribution in [1.82, 2.24) is 14.2 Å². The number of rotatable bonds is 7. The van der Waals surface area contributed by atoms with Crippen molar-refractivity contribution in [2.45, 2.75) is 25.8 Å². The van der Waals surface area contributed by atoms with Crippen LogP contribution in [0, 0.1) is 0 Å². The van der Waals surface area contributed by atoms with Crippen LogP contribution < -0.4 is 0 Å². The summed E-state index contributed by atoms with van der Waals surface area (Å²) < 4.78 is 27.0. The Morgan fingerprint density at radius 3 is 2.55 bits per heavy atom. The largest absolute Gasteiger partial charge is 0.333 e. The van der Waals surface area contributed by atoms with Crippen LogP contribution in [0.1, 0.15) is 35.2 Å². The van der Waals surface area contributed by atoms with E-state index in [4.69, 9.17) is 23.2 Å². The van der Waals surface area contributed by atoms with E-state index < -0.39 is 10.0 Å². The van der Waals surface area contributed by atoms with Gasteiger partial charge in [0.15, 0.2) is 0 Å². The molecule has 6 nitrogen and oxygen atoms in total. The van der Waals surface area contributed by atoms with Crippen molar-refractivity contribution in [2.24, 2.45) is 0 Å². The molecule has 0 N–H and O–H groups in total. The Hall–Kier alpha value is -1.67. The van der Waals surface area contributed by atoms with Crippen LogP contribution in [0.25, 0.3) is 0 Å². The predicted octanol–water partition coefficient (Wildman–Crippen LogP) is 3.85. The first-order valence-electron chi connectivity index (χ1n) is 9.48. The molecule has 156 valence electrons. The smallest absolute Gasteiger partial charge is 0.255 e. The molecular formula is C20H23Cl2N3O3S. The van der Waals surface area contributed by atoms with Crippen molar-refractivity contribution in [3.63, 3.8) is 0 Å². The highest BCUT2D eigenvalue weighted by Gasteiger charge is 2.26. The number of hydrogen-bond donors (Lipinski definition) is 0. The lowest BCUT2D eigenvalue weighted by atomic mass is 10.1. The average Bonchev–Trinajstić information content (AvgIpc) is 2.72. The minimum absolute atomic E-state index is 0.0610. The average molecular weight is 456 g/mol. The molecule has 2 heterocycles. The summed E-state index contributed by atoms with van der Waals surface area (Å²) in [6.07, 6.45) is 6.10. The molecule has 1 aliphatic heterocycles. The van der Waals surface area contributed by atoms with Gasteiger partial charge in [0.1, 0.15) is 0 Å². The molecule has 1 fully saturated rings. The zero-order valence-corrected chi connectivity index (χ0v) is 18.3. The fraction of sp³-hybridized carbons (Fsp3) is 0.400. The van der Waals surface area contributed by atoms with Gasteiger partial charge >= 0.3 is 0 Å². The van der Waals surface area contributed by atoms with Crippen LogP contribution in [0.15, 0.2) is 42.7 Å². The van der Waals surface area contributed by atoms with Crippen molar-refractivity contribution in [1.29, 1.82) is 0 Å². The summed E-state index contributed by atoms with van der Waals surface area (Å²) in [6.45, 7) is 1.39. The van der Waals surface area contributed by atoms with E-state index in [0.717, 1.165) is 24.8 Å². The first kappa shape index (κ1) is 22.0. The van der Waals surface area contributed by atoms with Crippen LogP contribution in [0.3, 0.4) is 0 Å². The topological polar surface area (TPSA) is 70.6 Å². The van der Waals surface area contributed by atoms with Gasteiger partial charge in [0.25, 0.3) is 5.91 Å². The third kappa shape index (κ3) is 5.92. The Labute approximate surface area is 181 Å². The van der Waals surface area contributed by atoms with Gasteiger partial charge in [-0.25, -0.2) is 12.7 Å². The number of hydrogen-bond acceptors (Lipinski definition) is 4. The van der Waals surface area contributed by atoms with Crippen molar-refractivity contribution >= 4 is 39.1 Å². The van der Waals surface area contributed by atoms with Crippen LogP contribution in [-0.2, 0) is 16.6 Å². The number of carbonyl (C=O) groups excluding carboxylic acids is 1. The molecule has 0 unspecified atom stereocenters. The molecule has 0 bridgehead atoms. The number of pyridine rings is 1. The lowest BCUT2D eigenvalue weighted by Gasteiger charge is -2.28. The van der Waals surface area contributed by atoms with Gasteiger partial charge in [-0.05, 0) is 42.7 Å². The maximum Gasteiger partial charge on any atom is 0.255 e. The lowest BCUT2D eigenvalue weighted by Crippen LogP contribution is -2.41. The molecule has 1 aliphatic rings. The highest BCUT2D eigenvalue weighted by molar-refractivity contribution is 7.89. The Kier molecular flexibility index (Phi) is 7.51. The van der Waals surface area contributed by atoms with Crippen LogP contribution in [0.5, 0.6) is 0 Å². The van der Waals surface area contributed by atoms with Gasteiger partial charge in [0, 0.05) is 43.6 Å². The van der Waals surface area contributed by atoms with E-state index in [0.29, 0.717) is 18.1 Å². The van der Waals surface area contributed by atoms with Gasteiger partial charge in [-0.1, -0.05) is 35.7 Å². The Morgan fingerprint density at radius 1 is 1.14 bits per heavy atom. The minimum atomic E-state index is -3.43. The standard InChI is InChI=1S/C20H23Cl2N3O3S/c21-17-6-7-18(19(22)13-17)20(26)24(15-16-5-4-8-23-14-16)11-12-29(27,28)25-9-2-1-3-10-25/h4-8,13-14H,1-3,9-12,15H2. The molecule has 2 aromatic rings. The SMILES string of the molecule is O=C(c1ccc(Cl)cc1Cl)N(CCS(=O)(=O)N1CCCCC1)Cc1cccnc1. The number of sulfonamides is 1. The van der Waals surface area contributed by atoms with Gasteiger partial charge in [-0.2, -0.15) is 0 Å². The quantitative estimate of drug-likeness (QED) is 0.635. The Balaban J connectivity index is 1.79. The number of piperidine rings is 1. The van der Waals surface area contributed by atoms with Crippen molar-refractivity contribution < 1.29 is 13.2 Å². The molecule has 1 amide bonds. The maximum absolute atomic E-state index is 13.1. The molecule has 0 atom stereocenters. The van der Waals surface area contributed by atoms with Crippen LogP contribution in [-0.4, -0.2) is 53.9 Å². The molecule has 1 aromatic carbocycles. The van der Waals surface area contributed by atoms with E-state index >= 15 is 0 Å². The molecule has 0 saturated carbocycles. The normalized spacial score (nSPS) is 15.2. The predicted molar refractivity (Wildman–Crippen MR) is 115 cm³/mol. The van der Waals surface area contributed by atoms with Crippen LogP contribution >= 0.6 is 23.2 Å². The number of nitrogens with zero attached hydrogens (tertiary/aromatic N) is 3. The second kappa shape index (κ2) is 9.89. The van der Waals surface area contributed by atoms with Crippen LogP contribution in [0.2, 0.25) is 10.0 Å². The summed E-state index contributed by atoms with van der Waals surface area (Å²) in [4.78, 5) is 18.7. The van der Waals surface area contributed by atoms with E-state index in [2.05, 4.69) is 4.98 Å². The van der Waals surface area contributed by atoms with E-state index in [9.17, 15) is 13.2 Å². The van der Waals surface area contributed by atoms with Crippen molar-refractivity contribution in [2.75, 3.05) is 25.4 Å². The molecule has 1 saturated heterocycles. The third-order valence-corrected chi connectivity index (χ3v) is 7.27. The monoisotopic (exact) mass is 455 g/mol. The number of carbonyl (C=O) groups is 1. The van der Waals surface area contributed by atoms with Gasteiger partial charge in [0.2, 0.25) is 10.0 Å². The third-order valence-electron chi connectivity index (χ3n) is 4.87. The first-order valence-corrected chi connectivity index (χ1v) is 11.8. The molecule has 3 rings (SSSR count). The van der Waals surface area contributed by atoms with Gasteiger partial charge in [-0.3, -0.25) is 9.78 Å². The molecule has 29 heavy (non-hydrogen) atoms. The number of aromatic nitrogens is 1. The number of benzene rings is 1. The zero-order valence-electron chi connectivity index (χ0n) is 15.9. The van der Waals surface area contributed by atoms with Gasteiger partial charge in [-0.15, -0.1) is 0 Å². The summed E-state index contributed by atoms with van der Waals surface area (Å²) in [5.74, 6) is -0.478. The summed E-state index contributed by atoms with van der Waals surface area (Å²) >= 11 is 12.1. The van der Waals surface area contributed by atoms with Crippen LogP contribution in [0.4, 0.5) is 0 Å². The van der Waals surface area contributed by atoms with Crippen molar-refractivity contribution in [3.8, 4) is 0 Å². The lowest BCUT2D eigenvalue weighted by molar-refractivity contribution is 0.0753. The fourth-order valence-corrected chi connectivity index (χ4v) is 5.31. The van der Waals surface area contributed by atoms with Gasteiger partial charge < -0.3 is 4.90 Å². The molecular weight excluding hydrogens is 433 g/mol. The molecule has 0 aliphatic carbocycles. The highest BCUT2D eigenvalue weighted by Crippen LogP contribution is 2.23.